The summed E-state index contributed by atoms with van der Waals surface area (Å²) < 4.78 is 0. The van der Waals surface area contributed by atoms with Crippen molar-refractivity contribution in [2.24, 2.45) is 11.8 Å². The Morgan fingerprint density at radius 3 is 2.41 bits per heavy atom. The van der Waals surface area contributed by atoms with Gasteiger partial charge in [-0.2, -0.15) is 0 Å². The van der Waals surface area contributed by atoms with E-state index in [-0.39, 0.29) is 5.91 Å². The summed E-state index contributed by atoms with van der Waals surface area (Å²) in [5, 5.41) is 16.1. The molecule has 1 aliphatic carbocycles. The number of nitrogens with one attached hydrogen (secondary N) is 1. The molecule has 0 aromatic heterocycles. The molecule has 0 saturated heterocycles. The number of rotatable bonds is 3. The van der Waals surface area contributed by atoms with Gasteiger partial charge in [0.1, 0.15) is 0 Å². The van der Waals surface area contributed by atoms with E-state index in [4.69, 9.17) is 0 Å². The van der Waals surface area contributed by atoms with E-state index < -0.39 is 17.8 Å². The van der Waals surface area contributed by atoms with E-state index in [2.05, 4.69) is 5.32 Å². The summed E-state index contributed by atoms with van der Waals surface area (Å²) in [4.78, 5) is 23.7. The van der Waals surface area contributed by atoms with Crippen LogP contribution in [0.5, 0.6) is 0 Å². The number of hydrogen-bond acceptors (Lipinski definition) is 3. The highest BCUT2D eigenvalue weighted by molar-refractivity contribution is 6.03. The molecule has 2 aromatic rings. The second-order valence-electron chi connectivity index (χ2n) is 5.49. The summed E-state index contributed by atoms with van der Waals surface area (Å²) in [5.74, 6) is -2.79. The monoisotopic (exact) mass is 294 g/mol. The van der Waals surface area contributed by atoms with E-state index in [0.29, 0.717) is 18.5 Å². The van der Waals surface area contributed by atoms with Crippen molar-refractivity contribution in [1.82, 2.24) is 0 Å². The Morgan fingerprint density at radius 1 is 0.955 bits per heavy atom. The minimum absolute atomic E-state index is 0.269. The minimum atomic E-state index is -1.16. The quantitative estimate of drug-likeness (QED) is 0.881. The van der Waals surface area contributed by atoms with Crippen molar-refractivity contribution < 1.29 is 14.7 Å². The maximum atomic E-state index is 12.5. The van der Waals surface area contributed by atoms with Crippen molar-refractivity contribution in [3.8, 4) is 0 Å². The van der Waals surface area contributed by atoms with Crippen LogP contribution in [0.4, 0.5) is 5.69 Å². The molecule has 0 bridgehead atoms. The lowest BCUT2D eigenvalue weighted by Crippen LogP contribution is -2.41. The van der Waals surface area contributed by atoms with Crippen LogP contribution in [0.15, 0.2) is 54.6 Å². The van der Waals surface area contributed by atoms with Crippen molar-refractivity contribution in [3.63, 3.8) is 0 Å². The number of carboxylic acid groups (broad SMARTS) is 1. The summed E-state index contributed by atoms with van der Waals surface area (Å²) in [6.07, 6.45) is 4.42. The van der Waals surface area contributed by atoms with Gasteiger partial charge < -0.3 is 15.2 Å². The zero-order valence-corrected chi connectivity index (χ0v) is 12.0. The first kappa shape index (κ1) is 14.3. The van der Waals surface area contributed by atoms with Gasteiger partial charge in [-0.1, -0.05) is 48.6 Å². The number of fused-ring (bicyclic) bond motifs is 1. The molecule has 1 amide bonds. The molecule has 0 unspecified atom stereocenters. The van der Waals surface area contributed by atoms with Crippen molar-refractivity contribution in [3.05, 3.63) is 54.6 Å². The average molecular weight is 294 g/mol. The van der Waals surface area contributed by atoms with Crippen LogP contribution in [-0.4, -0.2) is 11.9 Å². The van der Waals surface area contributed by atoms with Gasteiger partial charge in [0, 0.05) is 23.0 Å². The predicted molar refractivity (Wildman–Crippen MR) is 82.9 cm³/mol. The van der Waals surface area contributed by atoms with Crippen molar-refractivity contribution in [1.29, 1.82) is 0 Å². The predicted octanol–water partition coefficient (Wildman–Crippen LogP) is 2.11. The SMILES string of the molecule is O=C([O-])[C@H]1CC=CC[C@@H]1C(=O)Nc1cccc2ccccc12. The first-order valence-corrected chi connectivity index (χ1v) is 7.31. The number of aliphatic carboxylic acids is 1. The van der Waals surface area contributed by atoms with Gasteiger partial charge in [0.25, 0.3) is 0 Å². The number of amides is 1. The van der Waals surface area contributed by atoms with Gasteiger partial charge >= 0.3 is 0 Å². The highest BCUT2D eigenvalue weighted by atomic mass is 16.4. The first-order chi connectivity index (χ1) is 10.7. The van der Waals surface area contributed by atoms with Crippen LogP contribution in [0.1, 0.15) is 12.8 Å². The van der Waals surface area contributed by atoms with Crippen LogP contribution < -0.4 is 10.4 Å². The average Bonchev–Trinajstić information content (AvgIpc) is 2.55. The van der Waals surface area contributed by atoms with Gasteiger partial charge in [-0.25, -0.2) is 0 Å². The first-order valence-electron chi connectivity index (χ1n) is 7.31. The molecule has 1 aliphatic rings. The van der Waals surface area contributed by atoms with Gasteiger partial charge in [0.15, 0.2) is 0 Å². The molecule has 0 fully saturated rings. The standard InChI is InChI=1S/C18H17NO3/c20-17(14-9-3-4-10-15(14)18(21)22)19-16-11-5-7-12-6-1-2-8-13(12)16/h1-8,11,14-15H,9-10H2,(H,19,20)(H,21,22)/p-1/t14-,15-/m0/s1. The Bertz CT molecular complexity index is 746. The molecule has 1 N–H and O–H groups in total. The van der Waals surface area contributed by atoms with E-state index >= 15 is 0 Å². The molecular formula is C18H16NO3-. The number of hydrogen-bond donors (Lipinski definition) is 1. The third kappa shape index (κ3) is 2.72. The van der Waals surface area contributed by atoms with Crippen LogP contribution in [0.2, 0.25) is 0 Å². The molecular weight excluding hydrogens is 278 g/mol. The van der Waals surface area contributed by atoms with Gasteiger partial charge in [-0.3, -0.25) is 4.79 Å². The molecule has 0 spiro atoms. The molecule has 2 atom stereocenters. The fourth-order valence-corrected chi connectivity index (χ4v) is 2.92. The highest BCUT2D eigenvalue weighted by Gasteiger charge is 2.29. The van der Waals surface area contributed by atoms with Gasteiger partial charge in [-0.05, 0) is 24.3 Å². The number of carbonyl (C=O) groups excluding carboxylic acids is 2. The van der Waals surface area contributed by atoms with Gasteiger partial charge in [0.05, 0.1) is 5.92 Å². The lowest BCUT2D eigenvalue weighted by atomic mass is 9.82. The Balaban J connectivity index is 1.86. The second kappa shape index (κ2) is 6.02. The van der Waals surface area contributed by atoms with Crippen LogP contribution in [0.3, 0.4) is 0 Å². The van der Waals surface area contributed by atoms with Crippen LogP contribution >= 0.6 is 0 Å². The lowest BCUT2D eigenvalue weighted by molar-refractivity contribution is -0.313. The fraction of sp³-hybridized carbons (Fsp3) is 0.222. The zero-order chi connectivity index (χ0) is 15.5. The molecule has 4 nitrogen and oxygen atoms in total. The maximum absolute atomic E-state index is 12.5. The number of anilines is 1. The fourth-order valence-electron chi connectivity index (χ4n) is 2.92. The number of allylic oxidation sites excluding steroid dienone is 2. The zero-order valence-electron chi connectivity index (χ0n) is 12.0. The second-order valence-corrected chi connectivity index (χ2v) is 5.49. The van der Waals surface area contributed by atoms with Gasteiger partial charge in [-0.15, -0.1) is 0 Å². The Morgan fingerprint density at radius 2 is 1.64 bits per heavy atom. The molecule has 4 heteroatoms. The van der Waals surface area contributed by atoms with Crippen LogP contribution in [0.25, 0.3) is 10.8 Å². The molecule has 2 aromatic carbocycles. The normalized spacial score (nSPS) is 20.7. The lowest BCUT2D eigenvalue weighted by Gasteiger charge is -2.28. The van der Waals surface area contributed by atoms with E-state index in [1.54, 1.807) is 6.08 Å². The molecule has 0 saturated carbocycles. The van der Waals surface area contributed by atoms with Crippen molar-refractivity contribution in [2.75, 3.05) is 5.32 Å². The van der Waals surface area contributed by atoms with Gasteiger partial charge in [0.2, 0.25) is 5.91 Å². The van der Waals surface area contributed by atoms with Crippen LogP contribution in [0, 0.1) is 11.8 Å². The molecule has 0 heterocycles. The maximum Gasteiger partial charge on any atom is 0.228 e. The Kier molecular flexibility index (Phi) is 3.92. The number of benzene rings is 2. The van der Waals surface area contributed by atoms with E-state index in [1.165, 1.54) is 0 Å². The minimum Gasteiger partial charge on any atom is -0.550 e. The summed E-state index contributed by atoms with van der Waals surface area (Å²) in [6, 6.07) is 13.4. The molecule has 22 heavy (non-hydrogen) atoms. The van der Waals surface area contributed by atoms with Crippen molar-refractivity contribution in [2.45, 2.75) is 12.8 Å². The molecule has 112 valence electrons. The van der Waals surface area contributed by atoms with E-state index in [1.807, 2.05) is 48.5 Å². The topological polar surface area (TPSA) is 69.2 Å². The third-order valence-corrected chi connectivity index (χ3v) is 4.12. The molecule has 0 radical (unpaired) electrons. The van der Waals surface area contributed by atoms with E-state index in [9.17, 15) is 14.7 Å². The third-order valence-electron chi connectivity index (χ3n) is 4.12. The molecule has 0 aliphatic heterocycles. The summed E-state index contributed by atoms with van der Waals surface area (Å²) in [6.45, 7) is 0. The van der Waals surface area contributed by atoms with Crippen LogP contribution in [-0.2, 0) is 9.59 Å². The number of carboxylic acids is 1. The number of carbonyl (C=O) groups is 2. The summed E-state index contributed by atoms with van der Waals surface area (Å²) in [7, 11) is 0. The molecule has 3 rings (SSSR count). The Hall–Kier alpha value is -2.62. The Labute approximate surface area is 128 Å². The van der Waals surface area contributed by atoms with Crippen molar-refractivity contribution >= 4 is 28.3 Å². The van der Waals surface area contributed by atoms with E-state index in [0.717, 1.165) is 10.8 Å². The summed E-state index contributed by atoms with van der Waals surface area (Å²) >= 11 is 0. The summed E-state index contributed by atoms with van der Waals surface area (Å²) in [5.41, 5.74) is 0.703. The smallest absolute Gasteiger partial charge is 0.228 e. The largest absolute Gasteiger partial charge is 0.550 e. The highest BCUT2D eigenvalue weighted by Crippen LogP contribution is 2.28.